The Balaban J connectivity index is 1.95. The van der Waals surface area contributed by atoms with Crippen LogP contribution in [0.1, 0.15) is 61.0 Å². The Kier molecular flexibility index (Phi) is 7.12. The molecule has 3 aromatic rings. The van der Waals surface area contributed by atoms with Crippen LogP contribution in [-0.2, 0) is 15.0 Å². The minimum Gasteiger partial charge on any atom is -0.444 e. The van der Waals surface area contributed by atoms with Gasteiger partial charge in [0, 0.05) is 25.0 Å². The van der Waals surface area contributed by atoms with E-state index in [9.17, 15) is 9.59 Å². The lowest BCUT2D eigenvalue weighted by Gasteiger charge is -2.29. The summed E-state index contributed by atoms with van der Waals surface area (Å²) in [5, 5.41) is 8.11. The first-order valence-electron chi connectivity index (χ1n) is 12.0. The number of nitrogens with zero attached hydrogens (tertiary/aromatic N) is 3. The van der Waals surface area contributed by atoms with Gasteiger partial charge in [-0.05, 0) is 72.6 Å². The highest BCUT2D eigenvalue weighted by Gasteiger charge is 2.27. The zero-order chi connectivity index (χ0) is 27.1. The molecule has 1 N–H and O–H groups in total. The average molecular weight is 495 g/mol. The van der Waals surface area contributed by atoms with Gasteiger partial charge < -0.3 is 19.7 Å². The second kappa shape index (κ2) is 9.48. The maximum atomic E-state index is 12.7. The Morgan fingerprint density at radius 2 is 1.44 bits per heavy atom. The Morgan fingerprint density at radius 1 is 0.861 bits per heavy atom. The number of aromatic nitrogens is 2. The van der Waals surface area contributed by atoms with Crippen molar-refractivity contribution in [2.24, 2.45) is 0 Å². The summed E-state index contributed by atoms with van der Waals surface area (Å²) in [7, 11) is 3.93. The third-order valence-corrected chi connectivity index (χ3v) is 5.47. The Labute approximate surface area is 213 Å². The lowest BCUT2D eigenvalue weighted by molar-refractivity contribution is 0.0468. The van der Waals surface area contributed by atoms with E-state index in [-0.39, 0.29) is 0 Å². The van der Waals surface area contributed by atoms with E-state index in [2.05, 4.69) is 10.4 Å². The number of alkyl carbamates (subject to hydrolysis) is 1. The smallest absolute Gasteiger partial charge is 0.435 e. The van der Waals surface area contributed by atoms with Crippen molar-refractivity contribution < 1.29 is 19.1 Å². The minimum atomic E-state index is -0.621. The molecule has 0 aliphatic carbocycles. The molecule has 36 heavy (non-hydrogen) atoms. The molecule has 0 aliphatic heterocycles. The summed E-state index contributed by atoms with van der Waals surface area (Å²) >= 11 is 0. The number of hydrogen-bond donors (Lipinski definition) is 1. The van der Waals surface area contributed by atoms with Crippen LogP contribution in [0.3, 0.4) is 0 Å². The summed E-state index contributed by atoms with van der Waals surface area (Å²) < 4.78 is 12.2. The number of fused-ring (bicyclic) bond motifs is 1. The van der Waals surface area contributed by atoms with Gasteiger partial charge in [0.1, 0.15) is 11.2 Å². The van der Waals surface area contributed by atoms with E-state index in [1.165, 1.54) is 4.68 Å². The number of hydrogen-bond acceptors (Lipinski definition) is 6. The maximum Gasteiger partial charge on any atom is 0.435 e. The van der Waals surface area contributed by atoms with Gasteiger partial charge in [-0.2, -0.15) is 9.78 Å². The van der Waals surface area contributed by atoms with Crippen molar-refractivity contribution in [3.8, 4) is 11.1 Å². The first kappa shape index (κ1) is 27.0. The third kappa shape index (κ3) is 6.17. The zero-order valence-corrected chi connectivity index (χ0v) is 23.0. The SMILES string of the molecule is CN(C)c1c(-c2ccc(C(C)(C)NC(=O)OC(C)(C)C)cc2)ccc2c1cnn2C(=O)OC(C)(C)C. The van der Waals surface area contributed by atoms with E-state index in [4.69, 9.17) is 9.47 Å². The van der Waals surface area contributed by atoms with Crippen molar-refractivity contribution in [1.29, 1.82) is 0 Å². The summed E-state index contributed by atoms with van der Waals surface area (Å²) in [6, 6.07) is 11.9. The van der Waals surface area contributed by atoms with Crippen LogP contribution in [0.15, 0.2) is 42.6 Å². The van der Waals surface area contributed by atoms with Gasteiger partial charge >= 0.3 is 12.2 Å². The second-order valence-electron chi connectivity index (χ2n) is 11.7. The number of rotatable bonds is 4. The van der Waals surface area contributed by atoms with E-state index in [0.717, 1.165) is 27.8 Å². The van der Waals surface area contributed by atoms with Gasteiger partial charge in [0.05, 0.1) is 22.9 Å². The van der Waals surface area contributed by atoms with Crippen LogP contribution in [0.25, 0.3) is 22.0 Å². The molecule has 0 unspecified atom stereocenters. The summed E-state index contributed by atoms with van der Waals surface area (Å²) in [4.78, 5) is 27.0. The van der Waals surface area contributed by atoms with Gasteiger partial charge in [-0.3, -0.25) is 0 Å². The minimum absolute atomic E-state index is 0.459. The molecule has 0 atom stereocenters. The molecule has 194 valence electrons. The highest BCUT2D eigenvalue weighted by molar-refractivity contribution is 6.02. The lowest BCUT2D eigenvalue weighted by Crippen LogP contribution is -2.43. The molecule has 8 heteroatoms. The van der Waals surface area contributed by atoms with Crippen molar-refractivity contribution in [2.75, 3.05) is 19.0 Å². The molecule has 1 aromatic heterocycles. The van der Waals surface area contributed by atoms with Crippen molar-refractivity contribution in [3.63, 3.8) is 0 Å². The highest BCUT2D eigenvalue weighted by atomic mass is 16.6. The molecule has 2 aromatic carbocycles. The quantitative estimate of drug-likeness (QED) is 0.457. The zero-order valence-electron chi connectivity index (χ0n) is 23.0. The predicted octanol–water partition coefficient (Wildman–Crippen LogP) is 6.31. The van der Waals surface area contributed by atoms with E-state index < -0.39 is 28.9 Å². The van der Waals surface area contributed by atoms with E-state index in [1.54, 1.807) is 6.20 Å². The highest BCUT2D eigenvalue weighted by Crippen LogP contribution is 2.37. The van der Waals surface area contributed by atoms with Gasteiger partial charge in [-0.25, -0.2) is 9.59 Å². The second-order valence-corrected chi connectivity index (χ2v) is 11.7. The average Bonchev–Trinajstić information content (AvgIpc) is 3.14. The Hall–Kier alpha value is -3.55. The largest absolute Gasteiger partial charge is 0.444 e. The van der Waals surface area contributed by atoms with Gasteiger partial charge in [0.25, 0.3) is 0 Å². The normalized spacial score (nSPS) is 12.4. The number of benzene rings is 2. The first-order valence-corrected chi connectivity index (χ1v) is 12.0. The summed E-state index contributed by atoms with van der Waals surface area (Å²) in [5.74, 6) is 0. The first-order chi connectivity index (χ1) is 16.5. The molecule has 0 bridgehead atoms. The Bertz CT molecular complexity index is 1260. The summed E-state index contributed by atoms with van der Waals surface area (Å²) in [5.41, 5.74) is 2.77. The summed E-state index contributed by atoms with van der Waals surface area (Å²) in [6.07, 6.45) is 0.721. The van der Waals surface area contributed by atoms with Crippen LogP contribution < -0.4 is 10.2 Å². The molecule has 0 saturated carbocycles. The molecule has 3 rings (SSSR count). The fourth-order valence-electron chi connectivity index (χ4n) is 3.95. The Morgan fingerprint density at radius 3 is 1.97 bits per heavy atom. The van der Waals surface area contributed by atoms with Crippen LogP contribution in [0.5, 0.6) is 0 Å². The van der Waals surface area contributed by atoms with Crippen molar-refractivity contribution in [1.82, 2.24) is 15.1 Å². The van der Waals surface area contributed by atoms with Crippen LogP contribution in [0.4, 0.5) is 15.3 Å². The van der Waals surface area contributed by atoms with Crippen LogP contribution in [0, 0.1) is 0 Å². The van der Waals surface area contributed by atoms with Crippen LogP contribution >= 0.6 is 0 Å². The molecular formula is C28H38N4O4. The summed E-state index contributed by atoms with van der Waals surface area (Å²) in [6.45, 7) is 14.9. The number of carbonyl (C=O) groups is 2. The topological polar surface area (TPSA) is 85.7 Å². The van der Waals surface area contributed by atoms with Gasteiger partial charge in [0.2, 0.25) is 0 Å². The molecule has 0 saturated heterocycles. The third-order valence-electron chi connectivity index (χ3n) is 5.47. The molecule has 0 fully saturated rings. The molecule has 1 heterocycles. The molecule has 1 amide bonds. The fourth-order valence-corrected chi connectivity index (χ4v) is 3.95. The van der Waals surface area contributed by atoms with Crippen LogP contribution in [0.2, 0.25) is 0 Å². The number of amides is 1. The van der Waals surface area contributed by atoms with Gasteiger partial charge in [-0.15, -0.1) is 0 Å². The number of anilines is 1. The molecular weight excluding hydrogens is 456 g/mol. The molecule has 0 aliphatic rings. The molecule has 8 nitrogen and oxygen atoms in total. The lowest BCUT2D eigenvalue weighted by atomic mass is 9.92. The number of ether oxygens (including phenoxy) is 2. The monoisotopic (exact) mass is 494 g/mol. The van der Waals surface area contributed by atoms with E-state index in [1.807, 2.05) is 111 Å². The number of nitrogens with one attached hydrogen (secondary N) is 1. The van der Waals surface area contributed by atoms with Crippen molar-refractivity contribution >= 4 is 28.8 Å². The number of carbonyl (C=O) groups excluding carboxylic acids is 2. The predicted molar refractivity (Wildman–Crippen MR) is 144 cm³/mol. The standard InChI is InChI=1S/C28H38N4O4/c1-26(2,3)35-24(33)30-28(7,8)19-13-11-18(12-14-19)20-15-16-22-21(23(20)31(9)10)17-29-32(22)25(34)36-27(4,5)6/h11-17H,1-10H3,(H,30,33). The van der Waals surface area contributed by atoms with Gasteiger partial charge in [-0.1, -0.05) is 30.3 Å². The van der Waals surface area contributed by atoms with E-state index in [0.29, 0.717) is 5.52 Å². The van der Waals surface area contributed by atoms with E-state index >= 15 is 0 Å². The molecule has 0 spiro atoms. The van der Waals surface area contributed by atoms with Crippen molar-refractivity contribution in [2.45, 2.75) is 72.1 Å². The molecule has 0 radical (unpaired) electrons. The van der Waals surface area contributed by atoms with Gasteiger partial charge in [0.15, 0.2) is 0 Å². The van der Waals surface area contributed by atoms with Crippen molar-refractivity contribution in [3.05, 3.63) is 48.2 Å². The van der Waals surface area contributed by atoms with Crippen LogP contribution in [-0.4, -0.2) is 47.3 Å². The fraction of sp³-hybridized carbons (Fsp3) is 0.464. The maximum absolute atomic E-state index is 12.7.